The number of allylic oxidation sites excluding steroid dienone is 1. The van der Waals surface area contributed by atoms with Gasteiger partial charge in [0.2, 0.25) is 17.6 Å². The second-order valence-electron chi connectivity index (χ2n) is 6.36. The smallest absolute Gasteiger partial charge is 0.241 e. The van der Waals surface area contributed by atoms with E-state index in [9.17, 15) is 4.79 Å². The number of benzene rings is 1. The molecule has 1 aromatic heterocycles. The molecular weight excluding hydrogens is 316 g/mol. The van der Waals surface area contributed by atoms with Gasteiger partial charge in [-0.25, -0.2) is 0 Å². The first-order valence-corrected chi connectivity index (χ1v) is 8.66. The lowest BCUT2D eigenvalue weighted by Crippen LogP contribution is -2.48. The van der Waals surface area contributed by atoms with Gasteiger partial charge >= 0.3 is 0 Å². The molecule has 2 heterocycles. The van der Waals surface area contributed by atoms with E-state index in [4.69, 9.17) is 4.52 Å². The number of hydrogen-bond acceptors (Lipinski definition) is 5. The average molecular weight is 340 g/mol. The van der Waals surface area contributed by atoms with Crippen LogP contribution in [0.4, 0.5) is 0 Å². The van der Waals surface area contributed by atoms with Crippen molar-refractivity contribution < 1.29 is 9.32 Å². The molecule has 0 saturated carbocycles. The van der Waals surface area contributed by atoms with Crippen LogP contribution >= 0.6 is 0 Å². The molecule has 0 N–H and O–H groups in total. The van der Waals surface area contributed by atoms with E-state index in [2.05, 4.69) is 21.6 Å². The first-order chi connectivity index (χ1) is 12.2. The molecular formula is C19H24N4O2. The van der Waals surface area contributed by atoms with Crippen molar-refractivity contribution in [3.8, 4) is 11.4 Å². The molecule has 132 valence electrons. The number of aryl methyl sites for hydroxylation is 1. The molecule has 1 aromatic carbocycles. The molecule has 1 saturated heterocycles. The van der Waals surface area contributed by atoms with Gasteiger partial charge in [-0.05, 0) is 13.3 Å². The fraction of sp³-hybridized carbons (Fsp3) is 0.421. The van der Waals surface area contributed by atoms with Crippen molar-refractivity contribution >= 4 is 5.91 Å². The lowest BCUT2D eigenvalue weighted by molar-refractivity contribution is -0.132. The van der Waals surface area contributed by atoms with Crippen LogP contribution in [0.1, 0.15) is 24.3 Å². The molecule has 0 atom stereocenters. The highest BCUT2D eigenvalue weighted by molar-refractivity contribution is 5.76. The zero-order chi connectivity index (χ0) is 17.6. The summed E-state index contributed by atoms with van der Waals surface area (Å²) in [5.41, 5.74) is 2.16. The average Bonchev–Trinajstić information content (AvgIpc) is 3.09. The second-order valence-corrected chi connectivity index (χ2v) is 6.36. The van der Waals surface area contributed by atoms with Gasteiger partial charge in [-0.15, -0.1) is 6.58 Å². The first kappa shape index (κ1) is 17.4. The Hall–Kier alpha value is -2.47. The molecule has 0 aliphatic carbocycles. The van der Waals surface area contributed by atoms with E-state index in [0.29, 0.717) is 24.7 Å². The molecule has 0 unspecified atom stereocenters. The van der Waals surface area contributed by atoms with Crippen LogP contribution < -0.4 is 0 Å². The Balaban J connectivity index is 1.52. The van der Waals surface area contributed by atoms with Gasteiger partial charge in [0.15, 0.2) is 0 Å². The summed E-state index contributed by atoms with van der Waals surface area (Å²) in [6.07, 6.45) is 3.07. The monoisotopic (exact) mass is 340 g/mol. The van der Waals surface area contributed by atoms with Crippen molar-refractivity contribution in [2.24, 2.45) is 0 Å². The largest absolute Gasteiger partial charge is 0.340 e. The predicted octanol–water partition coefficient (Wildman–Crippen LogP) is 2.66. The number of hydrogen-bond donors (Lipinski definition) is 0. The fourth-order valence-corrected chi connectivity index (χ4v) is 2.87. The van der Waals surface area contributed by atoms with Crippen LogP contribution in [-0.2, 0) is 11.3 Å². The van der Waals surface area contributed by atoms with Crippen molar-refractivity contribution in [2.75, 3.05) is 26.2 Å². The van der Waals surface area contributed by atoms with E-state index in [1.807, 2.05) is 36.1 Å². The maximum Gasteiger partial charge on any atom is 0.241 e. The number of carbonyl (C=O) groups is 1. The third-order valence-corrected chi connectivity index (χ3v) is 4.42. The van der Waals surface area contributed by atoms with Crippen LogP contribution in [0.25, 0.3) is 11.4 Å². The van der Waals surface area contributed by atoms with Gasteiger partial charge in [-0.2, -0.15) is 4.98 Å². The molecule has 6 nitrogen and oxygen atoms in total. The van der Waals surface area contributed by atoms with Crippen molar-refractivity contribution in [1.29, 1.82) is 0 Å². The highest BCUT2D eigenvalue weighted by atomic mass is 16.5. The minimum atomic E-state index is 0.207. The van der Waals surface area contributed by atoms with Gasteiger partial charge in [-0.1, -0.05) is 41.1 Å². The molecule has 6 heteroatoms. The highest BCUT2D eigenvalue weighted by Crippen LogP contribution is 2.17. The molecule has 1 fully saturated rings. The Morgan fingerprint density at radius 2 is 1.96 bits per heavy atom. The van der Waals surface area contributed by atoms with Crippen molar-refractivity contribution in [3.63, 3.8) is 0 Å². The van der Waals surface area contributed by atoms with Gasteiger partial charge in [-0.3, -0.25) is 9.69 Å². The van der Waals surface area contributed by atoms with Crippen LogP contribution in [-0.4, -0.2) is 52.0 Å². The molecule has 3 rings (SSSR count). The number of aromatic nitrogens is 2. The van der Waals surface area contributed by atoms with E-state index < -0.39 is 0 Å². The number of nitrogens with zero attached hydrogens (tertiary/aromatic N) is 4. The predicted molar refractivity (Wildman–Crippen MR) is 95.8 cm³/mol. The zero-order valence-electron chi connectivity index (χ0n) is 14.6. The Morgan fingerprint density at radius 1 is 1.24 bits per heavy atom. The summed E-state index contributed by atoms with van der Waals surface area (Å²) in [5, 5.41) is 4.07. The molecule has 1 amide bonds. The SMILES string of the molecule is C=CCCC(=O)N1CCN(Cc2nc(-c3ccc(C)cc3)no2)CC1. The van der Waals surface area contributed by atoms with E-state index in [0.717, 1.165) is 38.2 Å². The standard InChI is InChI=1S/C19H24N4O2/c1-3-4-5-18(24)23-12-10-22(11-13-23)14-17-20-19(21-25-17)16-8-6-15(2)7-9-16/h3,6-9H,1,4-5,10-14H2,2H3. The van der Waals surface area contributed by atoms with E-state index in [1.165, 1.54) is 5.56 Å². The molecule has 0 radical (unpaired) electrons. The maximum atomic E-state index is 12.0. The minimum Gasteiger partial charge on any atom is -0.340 e. The summed E-state index contributed by atoms with van der Waals surface area (Å²) in [6.45, 7) is 9.46. The Bertz CT molecular complexity index is 715. The number of piperazine rings is 1. The molecule has 1 aliphatic heterocycles. The van der Waals surface area contributed by atoms with Crippen molar-refractivity contribution in [1.82, 2.24) is 19.9 Å². The van der Waals surface area contributed by atoms with Crippen LogP contribution in [0.5, 0.6) is 0 Å². The number of carbonyl (C=O) groups excluding carboxylic acids is 1. The number of rotatable bonds is 6. The van der Waals surface area contributed by atoms with E-state index in [1.54, 1.807) is 6.08 Å². The Morgan fingerprint density at radius 3 is 2.64 bits per heavy atom. The summed E-state index contributed by atoms with van der Waals surface area (Å²) >= 11 is 0. The lowest BCUT2D eigenvalue weighted by atomic mass is 10.1. The van der Waals surface area contributed by atoms with Crippen LogP contribution in [0.2, 0.25) is 0 Å². The third kappa shape index (κ3) is 4.54. The third-order valence-electron chi connectivity index (χ3n) is 4.42. The lowest BCUT2D eigenvalue weighted by Gasteiger charge is -2.34. The molecule has 0 bridgehead atoms. The summed E-state index contributed by atoms with van der Waals surface area (Å²) < 4.78 is 5.39. The number of amides is 1. The Labute approximate surface area is 148 Å². The van der Waals surface area contributed by atoms with Crippen molar-refractivity contribution in [3.05, 3.63) is 48.4 Å². The van der Waals surface area contributed by atoms with Gasteiger partial charge in [0.25, 0.3) is 0 Å². The topological polar surface area (TPSA) is 62.5 Å². The zero-order valence-corrected chi connectivity index (χ0v) is 14.6. The van der Waals surface area contributed by atoms with Crippen molar-refractivity contribution in [2.45, 2.75) is 26.3 Å². The van der Waals surface area contributed by atoms with E-state index in [-0.39, 0.29) is 5.91 Å². The summed E-state index contributed by atoms with van der Waals surface area (Å²) in [7, 11) is 0. The summed E-state index contributed by atoms with van der Waals surface area (Å²) in [5.74, 6) is 1.44. The highest BCUT2D eigenvalue weighted by Gasteiger charge is 2.22. The maximum absolute atomic E-state index is 12.0. The summed E-state index contributed by atoms with van der Waals surface area (Å²) in [4.78, 5) is 20.7. The first-order valence-electron chi connectivity index (χ1n) is 8.66. The fourth-order valence-electron chi connectivity index (χ4n) is 2.87. The van der Waals surface area contributed by atoms with Gasteiger partial charge in [0.05, 0.1) is 6.54 Å². The molecule has 25 heavy (non-hydrogen) atoms. The van der Waals surface area contributed by atoms with Gasteiger partial charge < -0.3 is 9.42 Å². The molecule has 1 aliphatic rings. The normalized spacial score (nSPS) is 15.3. The summed E-state index contributed by atoms with van der Waals surface area (Å²) in [6, 6.07) is 8.07. The quantitative estimate of drug-likeness (QED) is 0.757. The minimum absolute atomic E-state index is 0.207. The van der Waals surface area contributed by atoms with E-state index >= 15 is 0 Å². The molecule has 2 aromatic rings. The molecule has 0 spiro atoms. The second kappa shape index (κ2) is 8.07. The van der Waals surface area contributed by atoms with Crippen LogP contribution in [0.3, 0.4) is 0 Å². The van der Waals surface area contributed by atoms with Gasteiger partial charge in [0.1, 0.15) is 0 Å². The van der Waals surface area contributed by atoms with Gasteiger partial charge in [0, 0.05) is 38.2 Å². The van der Waals surface area contributed by atoms with Crippen LogP contribution in [0, 0.1) is 6.92 Å². The van der Waals surface area contributed by atoms with Crippen LogP contribution in [0.15, 0.2) is 41.4 Å². The Kier molecular flexibility index (Phi) is 5.60.